The standard InChI is InChI=1S/C14H32N2O2/c1-5-9-15-14(2,13-17)8-6-7-10-16(3)11-12-18-4/h15,17H,5-13H2,1-4H3. The molecule has 0 heterocycles. The Morgan fingerprint density at radius 3 is 2.56 bits per heavy atom. The summed E-state index contributed by atoms with van der Waals surface area (Å²) in [5, 5.41) is 12.9. The van der Waals surface area contributed by atoms with Crippen LogP contribution in [0.1, 0.15) is 39.5 Å². The van der Waals surface area contributed by atoms with Crippen molar-refractivity contribution < 1.29 is 9.84 Å². The fraction of sp³-hybridized carbons (Fsp3) is 1.00. The van der Waals surface area contributed by atoms with E-state index in [1.165, 1.54) is 6.42 Å². The highest BCUT2D eigenvalue weighted by atomic mass is 16.5. The zero-order valence-electron chi connectivity index (χ0n) is 12.7. The summed E-state index contributed by atoms with van der Waals surface area (Å²) in [5.41, 5.74) is -0.110. The molecule has 18 heavy (non-hydrogen) atoms. The molecule has 0 amide bonds. The van der Waals surface area contributed by atoms with Gasteiger partial charge in [-0.1, -0.05) is 13.3 Å². The second-order valence-electron chi connectivity index (χ2n) is 5.40. The first kappa shape index (κ1) is 17.8. The van der Waals surface area contributed by atoms with Crippen LogP contribution in [0.5, 0.6) is 0 Å². The largest absolute Gasteiger partial charge is 0.394 e. The second kappa shape index (κ2) is 10.7. The van der Waals surface area contributed by atoms with Crippen molar-refractivity contribution in [2.45, 2.75) is 45.1 Å². The highest BCUT2D eigenvalue weighted by molar-refractivity contribution is 4.81. The average Bonchev–Trinajstić information content (AvgIpc) is 2.39. The van der Waals surface area contributed by atoms with Crippen LogP contribution in [0.3, 0.4) is 0 Å². The Labute approximate surface area is 113 Å². The summed E-state index contributed by atoms with van der Waals surface area (Å²) >= 11 is 0. The summed E-state index contributed by atoms with van der Waals surface area (Å²) < 4.78 is 5.05. The summed E-state index contributed by atoms with van der Waals surface area (Å²) in [5.74, 6) is 0. The Kier molecular flexibility index (Phi) is 10.6. The van der Waals surface area contributed by atoms with Crippen LogP contribution in [-0.4, -0.2) is 62.6 Å². The molecule has 0 saturated heterocycles. The van der Waals surface area contributed by atoms with Gasteiger partial charge < -0.3 is 20.1 Å². The highest BCUT2D eigenvalue weighted by Crippen LogP contribution is 2.13. The summed E-state index contributed by atoms with van der Waals surface area (Å²) in [6.07, 6.45) is 4.45. The van der Waals surface area contributed by atoms with Gasteiger partial charge >= 0.3 is 0 Å². The lowest BCUT2D eigenvalue weighted by molar-refractivity contribution is 0.152. The van der Waals surface area contributed by atoms with Gasteiger partial charge in [0, 0.05) is 19.2 Å². The Bertz CT molecular complexity index is 191. The molecule has 0 aromatic rings. The third kappa shape index (κ3) is 8.86. The third-order valence-corrected chi connectivity index (χ3v) is 3.35. The predicted octanol–water partition coefficient (Wildman–Crippen LogP) is 1.49. The van der Waals surface area contributed by atoms with Crippen LogP contribution >= 0.6 is 0 Å². The number of nitrogens with one attached hydrogen (secondary N) is 1. The van der Waals surface area contributed by atoms with Gasteiger partial charge in [-0.05, 0) is 46.3 Å². The van der Waals surface area contributed by atoms with Crippen molar-refractivity contribution >= 4 is 0 Å². The molecule has 0 bridgehead atoms. The monoisotopic (exact) mass is 260 g/mol. The molecule has 4 nitrogen and oxygen atoms in total. The van der Waals surface area contributed by atoms with E-state index in [9.17, 15) is 5.11 Å². The van der Waals surface area contributed by atoms with E-state index in [1.807, 2.05) is 0 Å². The minimum absolute atomic E-state index is 0.110. The van der Waals surface area contributed by atoms with Crippen LogP contribution in [0.4, 0.5) is 0 Å². The van der Waals surface area contributed by atoms with Gasteiger partial charge in [0.1, 0.15) is 0 Å². The number of hydrogen-bond donors (Lipinski definition) is 2. The second-order valence-corrected chi connectivity index (χ2v) is 5.40. The molecule has 0 aliphatic rings. The van der Waals surface area contributed by atoms with Crippen LogP contribution in [0, 0.1) is 0 Å². The number of aliphatic hydroxyl groups excluding tert-OH is 1. The first-order chi connectivity index (χ1) is 8.58. The van der Waals surface area contributed by atoms with Gasteiger partial charge in [0.25, 0.3) is 0 Å². The Balaban J connectivity index is 3.66. The molecule has 0 aliphatic carbocycles. The van der Waals surface area contributed by atoms with E-state index < -0.39 is 0 Å². The molecule has 0 aromatic heterocycles. The van der Waals surface area contributed by atoms with E-state index >= 15 is 0 Å². The zero-order valence-corrected chi connectivity index (χ0v) is 12.7. The van der Waals surface area contributed by atoms with E-state index in [1.54, 1.807) is 7.11 Å². The van der Waals surface area contributed by atoms with Gasteiger partial charge in [0.2, 0.25) is 0 Å². The zero-order chi connectivity index (χ0) is 13.9. The van der Waals surface area contributed by atoms with Gasteiger partial charge in [0.05, 0.1) is 13.2 Å². The normalized spacial score (nSPS) is 15.0. The maximum Gasteiger partial charge on any atom is 0.0610 e. The molecule has 1 unspecified atom stereocenters. The lowest BCUT2D eigenvalue weighted by atomic mass is 9.95. The third-order valence-electron chi connectivity index (χ3n) is 3.35. The maximum atomic E-state index is 9.45. The molecule has 0 spiro atoms. The average molecular weight is 260 g/mol. The van der Waals surface area contributed by atoms with Crippen LogP contribution in [0.2, 0.25) is 0 Å². The molecule has 1 atom stereocenters. The molecule has 0 fully saturated rings. The van der Waals surface area contributed by atoms with Crippen molar-refractivity contribution in [2.75, 3.05) is 47.0 Å². The molecule has 0 aromatic carbocycles. The SMILES string of the molecule is CCCNC(C)(CO)CCCCN(C)CCOC. The first-order valence-electron chi connectivity index (χ1n) is 7.11. The molecule has 0 saturated carbocycles. The fourth-order valence-electron chi connectivity index (χ4n) is 1.91. The molecule has 0 rings (SSSR count). The molecule has 0 aliphatic heterocycles. The van der Waals surface area contributed by atoms with E-state index in [0.29, 0.717) is 0 Å². The summed E-state index contributed by atoms with van der Waals surface area (Å²) in [6.45, 7) is 8.33. The summed E-state index contributed by atoms with van der Waals surface area (Å²) in [4.78, 5) is 2.29. The quantitative estimate of drug-likeness (QED) is 0.522. The number of unbranched alkanes of at least 4 members (excludes halogenated alkanes) is 1. The number of nitrogens with zero attached hydrogens (tertiary/aromatic N) is 1. The van der Waals surface area contributed by atoms with Crippen molar-refractivity contribution in [2.24, 2.45) is 0 Å². The Morgan fingerprint density at radius 1 is 1.28 bits per heavy atom. The Hall–Kier alpha value is -0.160. The lowest BCUT2D eigenvalue weighted by Crippen LogP contribution is -2.46. The molecule has 110 valence electrons. The van der Waals surface area contributed by atoms with Crippen molar-refractivity contribution in [3.8, 4) is 0 Å². The van der Waals surface area contributed by atoms with Crippen LogP contribution < -0.4 is 5.32 Å². The molecular weight excluding hydrogens is 228 g/mol. The van der Waals surface area contributed by atoms with E-state index in [2.05, 4.69) is 31.1 Å². The number of likely N-dealkylation sites (N-methyl/N-ethyl adjacent to an activating group) is 1. The molecule has 4 heteroatoms. The predicted molar refractivity (Wildman–Crippen MR) is 77.0 cm³/mol. The van der Waals surface area contributed by atoms with E-state index in [-0.39, 0.29) is 12.1 Å². The Morgan fingerprint density at radius 2 is 2.00 bits per heavy atom. The topological polar surface area (TPSA) is 44.7 Å². The van der Waals surface area contributed by atoms with Crippen LogP contribution in [0.25, 0.3) is 0 Å². The molecule has 2 N–H and O–H groups in total. The maximum absolute atomic E-state index is 9.45. The number of hydrogen-bond acceptors (Lipinski definition) is 4. The minimum Gasteiger partial charge on any atom is -0.394 e. The van der Waals surface area contributed by atoms with Gasteiger partial charge in [-0.15, -0.1) is 0 Å². The van der Waals surface area contributed by atoms with Gasteiger partial charge in [0.15, 0.2) is 0 Å². The summed E-state index contributed by atoms with van der Waals surface area (Å²) in [7, 11) is 3.86. The van der Waals surface area contributed by atoms with E-state index in [0.717, 1.165) is 45.5 Å². The highest BCUT2D eigenvalue weighted by Gasteiger charge is 2.21. The number of methoxy groups -OCH3 is 1. The minimum atomic E-state index is -0.110. The number of aliphatic hydroxyl groups is 1. The molecular formula is C14H32N2O2. The summed E-state index contributed by atoms with van der Waals surface area (Å²) in [6, 6.07) is 0. The van der Waals surface area contributed by atoms with Gasteiger partial charge in [-0.25, -0.2) is 0 Å². The smallest absolute Gasteiger partial charge is 0.0610 e. The van der Waals surface area contributed by atoms with Crippen molar-refractivity contribution in [1.82, 2.24) is 10.2 Å². The van der Waals surface area contributed by atoms with Crippen molar-refractivity contribution in [1.29, 1.82) is 0 Å². The van der Waals surface area contributed by atoms with Crippen LogP contribution in [-0.2, 0) is 4.74 Å². The fourth-order valence-corrected chi connectivity index (χ4v) is 1.91. The first-order valence-corrected chi connectivity index (χ1v) is 7.11. The van der Waals surface area contributed by atoms with Gasteiger partial charge in [-0.2, -0.15) is 0 Å². The molecule has 0 radical (unpaired) electrons. The van der Waals surface area contributed by atoms with E-state index in [4.69, 9.17) is 4.74 Å². The van der Waals surface area contributed by atoms with Gasteiger partial charge in [-0.3, -0.25) is 0 Å². The van der Waals surface area contributed by atoms with Crippen molar-refractivity contribution in [3.05, 3.63) is 0 Å². The number of ether oxygens (including phenoxy) is 1. The lowest BCUT2D eigenvalue weighted by Gasteiger charge is -2.29. The van der Waals surface area contributed by atoms with Crippen molar-refractivity contribution in [3.63, 3.8) is 0 Å². The number of rotatable bonds is 12. The van der Waals surface area contributed by atoms with Crippen LogP contribution in [0.15, 0.2) is 0 Å².